The molecule has 1 saturated carbocycles. The first-order chi connectivity index (χ1) is 4.83. The second kappa shape index (κ2) is 2.07. The van der Waals surface area contributed by atoms with Gasteiger partial charge in [-0.25, -0.2) is 0 Å². The van der Waals surface area contributed by atoms with Crippen molar-refractivity contribution in [3.05, 3.63) is 12.2 Å². The molecule has 0 amide bonds. The number of allylic oxidation sites excluding steroid dienone is 1. The van der Waals surface area contributed by atoms with E-state index in [4.69, 9.17) is 11.5 Å². The molecule has 2 rings (SSSR count). The summed E-state index contributed by atoms with van der Waals surface area (Å²) in [5.74, 6) is 1.90. The largest absolute Gasteiger partial charge is 0.330 e. The molecule has 1 fully saturated rings. The second-order valence-electron chi connectivity index (χ2n) is 3.43. The van der Waals surface area contributed by atoms with Crippen LogP contribution in [-0.2, 0) is 0 Å². The van der Waals surface area contributed by atoms with E-state index in [1.807, 2.05) is 0 Å². The molecule has 56 valence electrons. The van der Waals surface area contributed by atoms with Crippen LogP contribution in [0, 0.1) is 17.8 Å². The highest BCUT2D eigenvalue weighted by molar-refractivity contribution is 5.15. The smallest absolute Gasteiger partial charge is 0.0148 e. The van der Waals surface area contributed by atoms with Crippen molar-refractivity contribution in [1.82, 2.24) is 0 Å². The summed E-state index contributed by atoms with van der Waals surface area (Å²) in [4.78, 5) is 0. The van der Waals surface area contributed by atoms with Crippen molar-refractivity contribution in [2.45, 2.75) is 12.5 Å². The summed E-state index contributed by atoms with van der Waals surface area (Å²) in [5, 5.41) is 0. The number of nitrogens with two attached hydrogens (primary N) is 2. The summed E-state index contributed by atoms with van der Waals surface area (Å²) >= 11 is 0. The molecule has 2 nitrogen and oxygen atoms in total. The lowest BCUT2D eigenvalue weighted by molar-refractivity contribution is 0.403. The molecule has 0 aromatic rings. The van der Waals surface area contributed by atoms with Gasteiger partial charge in [0.2, 0.25) is 0 Å². The van der Waals surface area contributed by atoms with Gasteiger partial charge >= 0.3 is 0 Å². The number of hydrogen-bond acceptors (Lipinski definition) is 2. The normalized spacial score (nSPS) is 50.6. The minimum absolute atomic E-state index is 0.347. The first-order valence-corrected chi connectivity index (χ1v) is 3.97. The summed E-state index contributed by atoms with van der Waals surface area (Å²) in [6.45, 7) is 0.757. The molecule has 0 aliphatic heterocycles. The predicted octanol–water partition coefficient (Wildman–Crippen LogP) is 0.0945. The van der Waals surface area contributed by atoms with E-state index in [-0.39, 0.29) is 0 Å². The monoisotopic (exact) mass is 138 g/mol. The van der Waals surface area contributed by atoms with Gasteiger partial charge in [0.05, 0.1) is 0 Å². The number of hydrogen-bond donors (Lipinski definition) is 2. The van der Waals surface area contributed by atoms with Gasteiger partial charge in [-0.15, -0.1) is 0 Å². The van der Waals surface area contributed by atoms with Crippen molar-refractivity contribution < 1.29 is 0 Å². The van der Waals surface area contributed by atoms with Crippen LogP contribution in [0.5, 0.6) is 0 Å². The van der Waals surface area contributed by atoms with Crippen LogP contribution in [0.1, 0.15) is 6.42 Å². The fourth-order valence-corrected chi connectivity index (χ4v) is 2.29. The molecule has 4 atom stereocenters. The van der Waals surface area contributed by atoms with Crippen LogP contribution in [0.15, 0.2) is 12.2 Å². The first-order valence-electron chi connectivity index (χ1n) is 3.97. The standard InChI is InChI=1S/C8H14N2/c9-4-7-5-1-2-6(3-5)8(7)10/h1-2,5-8H,3-4,9-10H2/t5-,6+,7+,8-/m1/s1. The fourth-order valence-electron chi connectivity index (χ4n) is 2.29. The predicted molar refractivity (Wildman–Crippen MR) is 41.3 cm³/mol. The van der Waals surface area contributed by atoms with Crippen LogP contribution in [0.4, 0.5) is 0 Å². The van der Waals surface area contributed by atoms with E-state index in [9.17, 15) is 0 Å². The maximum absolute atomic E-state index is 5.94. The Labute approximate surface area is 61.3 Å². The minimum atomic E-state index is 0.347. The molecule has 0 aromatic heterocycles. The molecule has 2 heteroatoms. The molecule has 0 aromatic carbocycles. The third kappa shape index (κ3) is 0.662. The van der Waals surface area contributed by atoms with Gasteiger partial charge in [0.25, 0.3) is 0 Å². The Kier molecular flexibility index (Phi) is 1.32. The molecule has 0 radical (unpaired) electrons. The van der Waals surface area contributed by atoms with Crippen molar-refractivity contribution in [3.8, 4) is 0 Å². The summed E-state index contributed by atoms with van der Waals surface area (Å²) in [6.07, 6.45) is 5.79. The van der Waals surface area contributed by atoms with Crippen LogP contribution in [-0.4, -0.2) is 12.6 Å². The molecule has 0 heterocycles. The lowest BCUT2D eigenvalue weighted by Gasteiger charge is -2.22. The average Bonchev–Trinajstić information content (AvgIpc) is 2.46. The highest BCUT2D eigenvalue weighted by atomic mass is 14.8. The summed E-state index contributed by atoms with van der Waals surface area (Å²) in [5.41, 5.74) is 11.5. The third-order valence-electron chi connectivity index (χ3n) is 2.96. The van der Waals surface area contributed by atoms with E-state index in [0.717, 1.165) is 6.54 Å². The van der Waals surface area contributed by atoms with Crippen molar-refractivity contribution in [2.75, 3.05) is 6.54 Å². The topological polar surface area (TPSA) is 52.0 Å². The number of fused-ring (bicyclic) bond motifs is 2. The lowest BCUT2D eigenvalue weighted by atomic mass is 9.90. The lowest BCUT2D eigenvalue weighted by Crippen LogP contribution is -2.37. The highest BCUT2D eigenvalue weighted by Crippen LogP contribution is 2.41. The summed E-state index contributed by atoms with van der Waals surface area (Å²) < 4.78 is 0. The molecule has 2 aliphatic rings. The maximum Gasteiger partial charge on any atom is 0.0148 e. The molecule has 0 saturated heterocycles. The van der Waals surface area contributed by atoms with Crippen molar-refractivity contribution in [3.63, 3.8) is 0 Å². The maximum atomic E-state index is 5.94. The zero-order valence-electron chi connectivity index (χ0n) is 6.03. The molecule has 2 bridgehead atoms. The van der Waals surface area contributed by atoms with Gasteiger partial charge < -0.3 is 11.5 Å². The molecule has 2 aliphatic carbocycles. The molecule has 0 unspecified atom stereocenters. The molecular weight excluding hydrogens is 124 g/mol. The van der Waals surface area contributed by atoms with Crippen molar-refractivity contribution in [1.29, 1.82) is 0 Å². The molecule has 0 spiro atoms. The summed E-state index contributed by atoms with van der Waals surface area (Å²) in [7, 11) is 0. The summed E-state index contributed by atoms with van der Waals surface area (Å²) in [6, 6.07) is 0.347. The van der Waals surface area contributed by atoms with E-state index in [1.54, 1.807) is 0 Å². The Hall–Kier alpha value is -0.340. The SMILES string of the molecule is NC[C@@H]1[C@H](N)[C@H]2C=C[C@@H]1C2. The van der Waals surface area contributed by atoms with E-state index >= 15 is 0 Å². The average molecular weight is 138 g/mol. The van der Waals surface area contributed by atoms with Crippen LogP contribution in [0.3, 0.4) is 0 Å². The van der Waals surface area contributed by atoms with E-state index < -0.39 is 0 Å². The Morgan fingerprint density at radius 2 is 2.00 bits per heavy atom. The second-order valence-corrected chi connectivity index (χ2v) is 3.43. The Morgan fingerprint density at radius 3 is 2.40 bits per heavy atom. The Bertz CT molecular complexity index is 165. The molecule has 4 N–H and O–H groups in total. The van der Waals surface area contributed by atoms with Gasteiger partial charge in [-0.3, -0.25) is 0 Å². The van der Waals surface area contributed by atoms with Crippen molar-refractivity contribution in [2.24, 2.45) is 29.2 Å². The van der Waals surface area contributed by atoms with Crippen LogP contribution < -0.4 is 11.5 Å². The number of rotatable bonds is 1. The quantitative estimate of drug-likeness (QED) is 0.505. The van der Waals surface area contributed by atoms with Gasteiger partial charge in [-0.2, -0.15) is 0 Å². The van der Waals surface area contributed by atoms with Gasteiger partial charge in [0.1, 0.15) is 0 Å². The van der Waals surface area contributed by atoms with Crippen LogP contribution >= 0.6 is 0 Å². The van der Waals surface area contributed by atoms with Crippen LogP contribution in [0.2, 0.25) is 0 Å². The highest BCUT2D eigenvalue weighted by Gasteiger charge is 2.41. The van der Waals surface area contributed by atoms with Crippen LogP contribution in [0.25, 0.3) is 0 Å². The van der Waals surface area contributed by atoms with Gasteiger partial charge in [0.15, 0.2) is 0 Å². The van der Waals surface area contributed by atoms with Gasteiger partial charge in [-0.05, 0) is 30.7 Å². The third-order valence-corrected chi connectivity index (χ3v) is 2.96. The Morgan fingerprint density at radius 1 is 1.30 bits per heavy atom. The van der Waals surface area contributed by atoms with Gasteiger partial charge in [0, 0.05) is 6.04 Å². The van der Waals surface area contributed by atoms with E-state index in [0.29, 0.717) is 23.8 Å². The van der Waals surface area contributed by atoms with E-state index in [2.05, 4.69) is 12.2 Å². The van der Waals surface area contributed by atoms with Crippen molar-refractivity contribution >= 4 is 0 Å². The Balaban J connectivity index is 2.18. The fraction of sp³-hybridized carbons (Fsp3) is 0.750. The van der Waals surface area contributed by atoms with Gasteiger partial charge in [-0.1, -0.05) is 12.2 Å². The molecule has 10 heavy (non-hydrogen) atoms. The minimum Gasteiger partial charge on any atom is -0.330 e. The molecular formula is C8H14N2. The zero-order valence-corrected chi connectivity index (χ0v) is 6.03. The van der Waals surface area contributed by atoms with E-state index in [1.165, 1.54) is 6.42 Å². The first kappa shape index (κ1) is 6.38. The zero-order chi connectivity index (χ0) is 7.14.